The molecular weight excluding hydrogens is 242 g/mol. The number of carbonyl (C=O) groups excluding carboxylic acids is 1. The molecule has 0 aliphatic rings. The molecule has 0 fully saturated rings. The van der Waals surface area contributed by atoms with Gasteiger partial charge in [0.05, 0.1) is 7.11 Å². The number of aromatic nitrogens is 1. The molecule has 19 heavy (non-hydrogen) atoms. The highest BCUT2D eigenvalue weighted by molar-refractivity contribution is 5.94. The minimum Gasteiger partial charge on any atom is -0.507 e. The third kappa shape index (κ3) is 3.10. The number of hydrogen-bond donors (Lipinski definition) is 1. The summed E-state index contributed by atoms with van der Waals surface area (Å²) in [6.45, 7) is 0. The highest BCUT2D eigenvalue weighted by Gasteiger charge is 2.16. The highest BCUT2D eigenvalue weighted by Crippen LogP contribution is 2.23. The van der Waals surface area contributed by atoms with Crippen molar-refractivity contribution >= 4 is 5.97 Å². The Morgan fingerprint density at radius 1 is 1.21 bits per heavy atom. The number of benzene rings is 1. The van der Waals surface area contributed by atoms with E-state index in [0.29, 0.717) is 12.8 Å². The second-order valence-corrected chi connectivity index (χ2v) is 4.12. The number of phenolic OH excluding ortho intramolecular Hbond substituents is 1. The van der Waals surface area contributed by atoms with Gasteiger partial charge in [0.25, 0.3) is 0 Å². The first kappa shape index (κ1) is 13.1. The van der Waals surface area contributed by atoms with Crippen molar-refractivity contribution in [1.82, 2.24) is 4.98 Å². The van der Waals surface area contributed by atoms with Gasteiger partial charge in [-0.3, -0.25) is 4.98 Å². The predicted molar refractivity (Wildman–Crippen MR) is 71.1 cm³/mol. The summed E-state index contributed by atoms with van der Waals surface area (Å²) in [7, 11) is 1.30. The fraction of sp³-hybridized carbons (Fsp3) is 0.200. The second kappa shape index (κ2) is 6.00. The predicted octanol–water partition coefficient (Wildman–Crippen LogP) is 2.36. The van der Waals surface area contributed by atoms with Crippen molar-refractivity contribution in [2.45, 2.75) is 12.8 Å². The van der Waals surface area contributed by atoms with Crippen LogP contribution < -0.4 is 0 Å². The SMILES string of the molecule is COC(=O)c1c(O)cccc1CCc1ccccn1. The molecule has 0 aliphatic heterocycles. The first-order valence-corrected chi connectivity index (χ1v) is 6.01. The van der Waals surface area contributed by atoms with Crippen LogP contribution in [0.15, 0.2) is 42.6 Å². The number of carbonyl (C=O) groups is 1. The van der Waals surface area contributed by atoms with Crippen LogP contribution in [-0.4, -0.2) is 23.2 Å². The van der Waals surface area contributed by atoms with E-state index < -0.39 is 5.97 Å². The van der Waals surface area contributed by atoms with E-state index in [9.17, 15) is 9.90 Å². The Labute approximate surface area is 111 Å². The Kier molecular flexibility index (Phi) is 4.13. The van der Waals surface area contributed by atoms with E-state index >= 15 is 0 Å². The molecule has 1 aromatic carbocycles. The summed E-state index contributed by atoms with van der Waals surface area (Å²) >= 11 is 0. The van der Waals surface area contributed by atoms with E-state index in [2.05, 4.69) is 4.98 Å². The maximum atomic E-state index is 11.7. The van der Waals surface area contributed by atoms with E-state index in [0.717, 1.165) is 11.3 Å². The lowest BCUT2D eigenvalue weighted by molar-refractivity contribution is 0.0596. The zero-order valence-corrected chi connectivity index (χ0v) is 10.7. The van der Waals surface area contributed by atoms with Crippen LogP contribution in [0.25, 0.3) is 0 Å². The molecule has 0 radical (unpaired) electrons. The fourth-order valence-electron chi connectivity index (χ4n) is 1.94. The van der Waals surface area contributed by atoms with E-state index in [1.165, 1.54) is 13.2 Å². The Bertz CT molecular complexity index is 567. The van der Waals surface area contributed by atoms with Gasteiger partial charge in [0, 0.05) is 11.9 Å². The molecule has 0 spiro atoms. The number of nitrogens with zero attached hydrogens (tertiary/aromatic N) is 1. The number of esters is 1. The van der Waals surface area contributed by atoms with Crippen molar-refractivity contribution in [3.05, 3.63) is 59.4 Å². The van der Waals surface area contributed by atoms with Crippen molar-refractivity contribution in [3.63, 3.8) is 0 Å². The maximum Gasteiger partial charge on any atom is 0.341 e. The molecule has 0 amide bonds. The van der Waals surface area contributed by atoms with E-state index in [-0.39, 0.29) is 11.3 Å². The average molecular weight is 257 g/mol. The molecule has 0 unspecified atom stereocenters. The number of aromatic hydroxyl groups is 1. The van der Waals surface area contributed by atoms with Crippen molar-refractivity contribution in [1.29, 1.82) is 0 Å². The largest absolute Gasteiger partial charge is 0.507 e. The van der Waals surface area contributed by atoms with Gasteiger partial charge in [0.1, 0.15) is 11.3 Å². The summed E-state index contributed by atoms with van der Waals surface area (Å²) in [5.41, 5.74) is 1.94. The molecular formula is C15H15NO3. The van der Waals surface area contributed by atoms with Gasteiger partial charge in [-0.2, -0.15) is 0 Å². The minimum atomic E-state index is -0.519. The maximum absolute atomic E-state index is 11.7. The summed E-state index contributed by atoms with van der Waals surface area (Å²) < 4.78 is 4.70. The molecule has 2 aromatic rings. The molecule has 1 N–H and O–H groups in total. The lowest BCUT2D eigenvalue weighted by atomic mass is 10.0. The van der Waals surface area contributed by atoms with Crippen molar-refractivity contribution < 1.29 is 14.6 Å². The molecule has 0 saturated heterocycles. The number of methoxy groups -OCH3 is 1. The van der Waals surface area contributed by atoms with Crippen LogP contribution in [0, 0.1) is 0 Å². The Hall–Kier alpha value is -2.36. The average Bonchev–Trinajstić information content (AvgIpc) is 2.45. The molecule has 4 heteroatoms. The summed E-state index contributed by atoms with van der Waals surface area (Å²) in [5.74, 6) is -0.570. The van der Waals surface area contributed by atoms with Crippen LogP contribution in [0.3, 0.4) is 0 Å². The molecule has 0 saturated carbocycles. The fourth-order valence-corrected chi connectivity index (χ4v) is 1.94. The smallest absolute Gasteiger partial charge is 0.341 e. The lowest BCUT2D eigenvalue weighted by Crippen LogP contribution is -2.07. The molecule has 98 valence electrons. The number of ether oxygens (including phenoxy) is 1. The van der Waals surface area contributed by atoms with E-state index in [1.54, 1.807) is 12.3 Å². The quantitative estimate of drug-likeness (QED) is 0.854. The van der Waals surface area contributed by atoms with Crippen LogP contribution >= 0.6 is 0 Å². The summed E-state index contributed by atoms with van der Waals surface area (Å²) in [4.78, 5) is 15.9. The number of phenols is 1. The number of aryl methyl sites for hydroxylation is 2. The third-order valence-electron chi connectivity index (χ3n) is 2.89. The van der Waals surface area contributed by atoms with Gasteiger partial charge >= 0.3 is 5.97 Å². The van der Waals surface area contributed by atoms with Gasteiger partial charge in [-0.25, -0.2) is 4.79 Å². The number of rotatable bonds is 4. The van der Waals surface area contributed by atoms with Crippen molar-refractivity contribution in [3.8, 4) is 5.75 Å². The monoisotopic (exact) mass is 257 g/mol. The Balaban J connectivity index is 2.21. The van der Waals surface area contributed by atoms with Gasteiger partial charge in [-0.05, 0) is 36.6 Å². The normalized spacial score (nSPS) is 10.2. The Morgan fingerprint density at radius 3 is 2.74 bits per heavy atom. The zero-order valence-electron chi connectivity index (χ0n) is 10.7. The van der Waals surface area contributed by atoms with Crippen LogP contribution in [-0.2, 0) is 17.6 Å². The van der Waals surface area contributed by atoms with Crippen molar-refractivity contribution in [2.24, 2.45) is 0 Å². The van der Waals surface area contributed by atoms with Crippen LogP contribution in [0.4, 0.5) is 0 Å². The van der Waals surface area contributed by atoms with E-state index in [1.807, 2.05) is 24.3 Å². The highest BCUT2D eigenvalue weighted by atomic mass is 16.5. The van der Waals surface area contributed by atoms with Gasteiger partial charge < -0.3 is 9.84 Å². The van der Waals surface area contributed by atoms with Gasteiger partial charge in [-0.1, -0.05) is 18.2 Å². The van der Waals surface area contributed by atoms with Gasteiger partial charge in [-0.15, -0.1) is 0 Å². The summed E-state index contributed by atoms with van der Waals surface area (Å²) in [6.07, 6.45) is 3.06. The van der Waals surface area contributed by atoms with Gasteiger partial charge in [0.15, 0.2) is 0 Å². The van der Waals surface area contributed by atoms with E-state index in [4.69, 9.17) is 4.74 Å². The van der Waals surface area contributed by atoms with Crippen LogP contribution in [0.2, 0.25) is 0 Å². The molecule has 2 rings (SSSR count). The van der Waals surface area contributed by atoms with Crippen LogP contribution in [0.1, 0.15) is 21.6 Å². The third-order valence-corrected chi connectivity index (χ3v) is 2.89. The molecule has 0 atom stereocenters. The molecule has 0 bridgehead atoms. The first-order chi connectivity index (χ1) is 9.22. The lowest BCUT2D eigenvalue weighted by Gasteiger charge is -2.09. The van der Waals surface area contributed by atoms with Crippen molar-refractivity contribution in [2.75, 3.05) is 7.11 Å². The second-order valence-electron chi connectivity index (χ2n) is 4.12. The zero-order chi connectivity index (χ0) is 13.7. The number of pyridine rings is 1. The molecule has 1 heterocycles. The molecule has 1 aromatic heterocycles. The van der Waals surface area contributed by atoms with Crippen LogP contribution in [0.5, 0.6) is 5.75 Å². The van der Waals surface area contributed by atoms with Gasteiger partial charge in [0.2, 0.25) is 0 Å². The minimum absolute atomic E-state index is 0.0506. The topological polar surface area (TPSA) is 59.4 Å². The first-order valence-electron chi connectivity index (χ1n) is 6.01. The number of hydrogen-bond acceptors (Lipinski definition) is 4. The summed E-state index contributed by atoms with van der Waals surface area (Å²) in [6, 6.07) is 10.7. The molecule has 4 nitrogen and oxygen atoms in total. The standard InChI is InChI=1S/C15H15NO3/c1-19-15(18)14-11(5-4-7-13(14)17)8-9-12-6-2-3-10-16-12/h2-7,10,17H,8-9H2,1H3. The Morgan fingerprint density at radius 2 is 2.05 bits per heavy atom. The molecule has 0 aliphatic carbocycles. The summed E-state index contributed by atoms with van der Waals surface area (Å²) in [5, 5.41) is 9.77.